The van der Waals surface area contributed by atoms with E-state index in [9.17, 15) is 18.4 Å². The summed E-state index contributed by atoms with van der Waals surface area (Å²) in [6.07, 6.45) is 1.19. The minimum Gasteiger partial charge on any atom is -0.351 e. The molecule has 3 rings (SSSR count). The van der Waals surface area contributed by atoms with Crippen molar-refractivity contribution in [1.29, 1.82) is 0 Å². The molecular weight excluding hydrogens is 459 g/mol. The first-order valence-corrected chi connectivity index (χ1v) is 11.1. The molecule has 1 aliphatic rings. The Balaban J connectivity index is 1.76. The van der Waals surface area contributed by atoms with Crippen LogP contribution >= 0.6 is 23.2 Å². The SMILES string of the molecule is CN(C)CCNC(=O)c1cc(Cl)c(N2CC(Cc3ccc(F)cc3F)CCC2=O)c(Cl)c1. The molecule has 1 atom stereocenters. The summed E-state index contributed by atoms with van der Waals surface area (Å²) in [6.45, 7) is 1.45. The monoisotopic (exact) mass is 483 g/mol. The molecule has 1 saturated heterocycles. The predicted octanol–water partition coefficient (Wildman–Crippen LogP) is 4.55. The number of carbonyl (C=O) groups is 2. The van der Waals surface area contributed by atoms with Crippen molar-refractivity contribution in [1.82, 2.24) is 10.2 Å². The number of hydrogen-bond acceptors (Lipinski definition) is 3. The van der Waals surface area contributed by atoms with Crippen molar-refractivity contribution in [3.05, 3.63) is 63.1 Å². The lowest BCUT2D eigenvalue weighted by atomic mass is 9.90. The van der Waals surface area contributed by atoms with Crippen molar-refractivity contribution in [2.45, 2.75) is 19.3 Å². The molecule has 0 aromatic heterocycles. The topological polar surface area (TPSA) is 52.7 Å². The smallest absolute Gasteiger partial charge is 0.251 e. The van der Waals surface area contributed by atoms with E-state index in [-0.39, 0.29) is 34.2 Å². The highest BCUT2D eigenvalue weighted by atomic mass is 35.5. The van der Waals surface area contributed by atoms with Crippen LogP contribution in [-0.4, -0.2) is 50.4 Å². The molecule has 32 heavy (non-hydrogen) atoms. The van der Waals surface area contributed by atoms with Gasteiger partial charge in [-0.3, -0.25) is 9.59 Å². The molecule has 9 heteroatoms. The van der Waals surface area contributed by atoms with Crippen LogP contribution in [0.2, 0.25) is 10.0 Å². The van der Waals surface area contributed by atoms with Gasteiger partial charge in [-0.2, -0.15) is 0 Å². The van der Waals surface area contributed by atoms with Crippen molar-refractivity contribution >= 4 is 40.7 Å². The number of piperidine rings is 1. The maximum Gasteiger partial charge on any atom is 0.251 e. The zero-order chi connectivity index (χ0) is 23.4. The number of benzene rings is 2. The maximum atomic E-state index is 14.1. The normalized spacial score (nSPS) is 16.5. The summed E-state index contributed by atoms with van der Waals surface area (Å²) < 4.78 is 27.3. The van der Waals surface area contributed by atoms with Gasteiger partial charge in [0, 0.05) is 37.7 Å². The number of rotatable bonds is 7. The highest BCUT2D eigenvalue weighted by Gasteiger charge is 2.30. The molecule has 1 unspecified atom stereocenters. The van der Waals surface area contributed by atoms with Crippen LogP contribution in [0.4, 0.5) is 14.5 Å². The van der Waals surface area contributed by atoms with Crippen molar-refractivity contribution < 1.29 is 18.4 Å². The second-order valence-corrected chi connectivity index (χ2v) is 9.01. The standard InChI is InChI=1S/C23H25Cl2F2N3O2/c1-29(2)8-7-28-23(32)16-10-18(24)22(19(25)11-16)30-13-14(3-6-21(30)31)9-15-4-5-17(26)12-20(15)27/h4-5,10-12,14H,3,6-9,13H2,1-2H3,(H,28,32). The lowest BCUT2D eigenvalue weighted by molar-refractivity contribution is -0.120. The van der Waals surface area contributed by atoms with E-state index in [4.69, 9.17) is 23.2 Å². The average molecular weight is 484 g/mol. The molecule has 1 aliphatic heterocycles. The Labute approximate surface area is 196 Å². The zero-order valence-electron chi connectivity index (χ0n) is 17.9. The zero-order valence-corrected chi connectivity index (χ0v) is 19.4. The molecule has 172 valence electrons. The van der Waals surface area contributed by atoms with Crippen LogP contribution in [-0.2, 0) is 11.2 Å². The summed E-state index contributed by atoms with van der Waals surface area (Å²) in [5.74, 6) is -1.73. The summed E-state index contributed by atoms with van der Waals surface area (Å²) in [5, 5.41) is 3.18. The van der Waals surface area contributed by atoms with E-state index in [1.807, 2.05) is 19.0 Å². The van der Waals surface area contributed by atoms with Gasteiger partial charge in [-0.25, -0.2) is 8.78 Å². The van der Waals surface area contributed by atoms with Crippen molar-refractivity contribution in [2.24, 2.45) is 5.92 Å². The van der Waals surface area contributed by atoms with E-state index in [1.165, 1.54) is 29.2 Å². The third kappa shape index (κ3) is 5.97. The summed E-state index contributed by atoms with van der Waals surface area (Å²) in [4.78, 5) is 28.5. The summed E-state index contributed by atoms with van der Waals surface area (Å²) in [6, 6.07) is 6.49. The molecule has 2 amide bonds. The van der Waals surface area contributed by atoms with Gasteiger partial charge in [0.1, 0.15) is 11.6 Å². The van der Waals surface area contributed by atoms with Crippen LogP contribution in [0.3, 0.4) is 0 Å². The number of amides is 2. The molecule has 0 spiro atoms. The van der Waals surface area contributed by atoms with Crippen molar-refractivity contribution in [2.75, 3.05) is 38.6 Å². The van der Waals surface area contributed by atoms with Gasteiger partial charge >= 0.3 is 0 Å². The van der Waals surface area contributed by atoms with Crippen LogP contribution in [0.15, 0.2) is 30.3 Å². The van der Waals surface area contributed by atoms with Gasteiger partial charge in [0.05, 0.1) is 15.7 Å². The molecule has 2 aromatic carbocycles. The minimum atomic E-state index is -0.629. The van der Waals surface area contributed by atoms with Gasteiger partial charge in [0.15, 0.2) is 0 Å². The maximum absolute atomic E-state index is 14.1. The third-order valence-corrected chi connectivity index (χ3v) is 6.00. The highest BCUT2D eigenvalue weighted by Crippen LogP contribution is 2.38. The third-order valence-electron chi connectivity index (χ3n) is 5.43. The Morgan fingerprint density at radius 1 is 1.19 bits per heavy atom. The number of halogens is 4. The summed E-state index contributed by atoms with van der Waals surface area (Å²) in [5.41, 5.74) is 1.04. The molecule has 2 aromatic rings. The molecule has 5 nitrogen and oxygen atoms in total. The minimum absolute atomic E-state index is 0.0474. The first-order chi connectivity index (χ1) is 15.2. The van der Waals surface area contributed by atoms with Gasteiger partial charge in [-0.15, -0.1) is 0 Å². The number of anilines is 1. The van der Waals surface area contributed by atoms with Gasteiger partial charge in [-0.05, 0) is 56.6 Å². The number of hydrogen-bond donors (Lipinski definition) is 1. The fourth-order valence-electron chi connectivity index (χ4n) is 3.74. The number of likely N-dealkylation sites (N-methyl/N-ethyl adjacent to an activating group) is 1. The molecule has 0 aliphatic carbocycles. The molecule has 1 fully saturated rings. The van der Waals surface area contributed by atoms with Gasteiger partial charge in [0.2, 0.25) is 5.91 Å². The van der Waals surface area contributed by atoms with Crippen LogP contribution in [0.5, 0.6) is 0 Å². The quantitative estimate of drug-likeness (QED) is 0.628. The highest BCUT2D eigenvalue weighted by molar-refractivity contribution is 6.40. The second-order valence-electron chi connectivity index (χ2n) is 8.20. The molecule has 0 radical (unpaired) electrons. The fourth-order valence-corrected chi connectivity index (χ4v) is 4.44. The van der Waals surface area contributed by atoms with Crippen LogP contribution < -0.4 is 10.2 Å². The van der Waals surface area contributed by atoms with Crippen LogP contribution in [0, 0.1) is 17.6 Å². The van der Waals surface area contributed by atoms with E-state index in [0.29, 0.717) is 49.3 Å². The number of nitrogens with one attached hydrogen (secondary N) is 1. The van der Waals surface area contributed by atoms with E-state index in [1.54, 1.807) is 0 Å². The predicted molar refractivity (Wildman–Crippen MR) is 122 cm³/mol. The summed E-state index contributed by atoms with van der Waals surface area (Å²) in [7, 11) is 3.81. The first kappa shape index (κ1) is 24.4. The van der Waals surface area contributed by atoms with E-state index >= 15 is 0 Å². The lowest BCUT2D eigenvalue weighted by Crippen LogP contribution is -2.41. The van der Waals surface area contributed by atoms with Gasteiger partial charge in [0.25, 0.3) is 5.91 Å². The Morgan fingerprint density at radius 2 is 1.88 bits per heavy atom. The van der Waals surface area contributed by atoms with Gasteiger partial charge in [-0.1, -0.05) is 29.3 Å². The molecule has 1 N–H and O–H groups in total. The van der Waals surface area contributed by atoms with E-state index in [0.717, 1.165) is 6.07 Å². The Bertz CT molecular complexity index is 994. The summed E-state index contributed by atoms with van der Waals surface area (Å²) >= 11 is 12.9. The van der Waals surface area contributed by atoms with E-state index < -0.39 is 11.6 Å². The second kappa shape index (κ2) is 10.6. The van der Waals surface area contributed by atoms with Crippen LogP contribution in [0.1, 0.15) is 28.8 Å². The Morgan fingerprint density at radius 3 is 2.50 bits per heavy atom. The first-order valence-electron chi connectivity index (χ1n) is 10.3. The Hall–Kier alpha value is -2.22. The van der Waals surface area contributed by atoms with E-state index in [2.05, 4.69) is 5.32 Å². The Kier molecular flexibility index (Phi) is 8.09. The molecule has 0 saturated carbocycles. The molecule has 0 bridgehead atoms. The lowest BCUT2D eigenvalue weighted by Gasteiger charge is -2.34. The van der Waals surface area contributed by atoms with Gasteiger partial charge < -0.3 is 15.1 Å². The average Bonchev–Trinajstić information content (AvgIpc) is 2.71. The van der Waals surface area contributed by atoms with Crippen molar-refractivity contribution in [3.8, 4) is 0 Å². The van der Waals surface area contributed by atoms with Crippen molar-refractivity contribution in [3.63, 3.8) is 0 Å². The fraction of sp³-hybridized carbons (Fsp3) is 0.391. The number of nitrogens with zero attached hydrogens (tertiary/aromatic N) is 2. The van der Waals surface area contributed by atoms with Crippen LogP contribution in [0.25, 0.3) is 0 Å². The molecular formula is C23H25Cl2F2N3O2. The largest absolute Gasteiger partial charge is 0.351 e. The number of carbonyl (C=O) groups excluding carboxylic acids is 2. The molecule has 1 heterocycles.